The zero-order valence-electron chi connectivity index (χ0n) is 11.0. The minimum Gasteiger partial charge on any atom is -0.494 e. The molecular weight excluding hydrogens is 244 g/mol. The molecule has 0 saturated heterocycles. The molecule has 2 aromatic rings. The van der Waals surface area contributed by atoms with E-state index in [2.05, 4.69) is 15.4 Å². The highest BCUT2D eigenvalue weighted by Crippen LogP contribution is 2.15. The summed E-state index contributed by atoms with van der Waals surface area (Å²) in [6.45, 7) is 2.68. The fourth-order valence-corrected chi connectivity index (χ4v) is 1.62. The smallest absolute Gasteiger partial charge is 0.182 e. The first-order chi connectivity index (χ1) is 9.19. The molecule has 1 aromatic carbocycles. The number of ketones is 1. The van der Waals surface area contributed by atoms with E-state index in [1.165, 1.54) is 4.80 Å². The van der Waals surface area contributed by atoms with Gasteiger partial charge in [-0.3, -0.25) is 4.79 Å². The van der Waals surface area contributed by atoms with Gasteiger partial charge in [0.25, 0.3) is 0 Å². The molecular formula is C13H16N4O2. The van der Waals surface area contributed by atoms with Crippen LogP contribution in [0.3, 0.4) is 0 Å². The Hall–Kier alpha value is -2.24. The van der Waals surface area contributed by atoms with Crippen molar-refractivity contribution in [2.75, 3.05) is 6.61 Å². The molecule has 19 heavy (non-hydrogen) atoms. The number of Topliss-reactive ketones (excluding diaryl/α,β-unsaturated/α-hetero) is 1. The SMILES string of the molecule is CCCOc1cccc(C(=O)Cc2nnn(C)n2)c1. The Kier molecular flexibility index (Phi) is 4.22. The van der Waals surface area contributed by atoms with Gasteiger partial charge in [-0.1, -0.05) is 19.1 Å². The molecule has 0 aliphatic heterocycles. The Morgan fingerprint density at radius 1 is 1.42 bits per heavy atom. The van der Waals surface area contributed by atoms with Gasteiger partial charge in [0, 0.05) is 5.56 Å². The molecule has 0 atom stereocenters. The summed E-state index contributed by atoms with van der Waals surface area (Å²) >= 11 is 0. The Morgan fingerprint density at radius 3 is 2.95 bits per heavy atom. The fraction of sp³-hybridized carbons (Fsp3) is 0.385. The Balaban J connectivity index is 2.06. The van der Waals surface area contributed by atoms with Gasteiger partial charge in [-0.15, -0.1) is 10.2 Å². The van der Waals surface area contributed by atoms with Crippen LogP contribution in [0.1, 0.15) is 29.5 Å². The van der Waals surface area contributed by atoms with E-state index in [0.29, 0.717) is 23.7 Å². The molecule has 0 spiro atoms. The normalized spacial score (nSPS) is 10.4. The van der Waals surface area contributed by atoms with Crippen molar-refractivity contribution in [2.45, 2.75) is 19.8 Å². The van der Waals surface area contributed by atoms with Crippen LogP contribution in [0, 0.1) is 0 Å². The van der Waals surface area contributed by atoms with Gasteiger partial charge in [-0.25, -0.2) is 0 Å². The van der Waals surface area contributed by atoms with Crippen molar-refractivity contribution in [2.24, 2.45) is 7.05 Å². The molecule has 0 amide bonds. The summed E-state index contributed by atoms with van der Waals surface area (Å²) in [6.07, 6.45) is 1.08. The number of carbonyl (C=O) groups excluding carboxylic acids is 1. The number of carbonyl (C=O) groups is 1. The van der Waals surface area contributed by atoms with Crippen LogP contribution in [0.4, 0.5) is 0 Å². The monoisotopic (exact) mass is 260 g/mol. The first-order valence-corrected chi connectivity index (χ1v) is 6.18. The van der Waals surface area contributed by atoms with Crippen molar-refractivity contribution < 1.29 is 9.53 Å². The molecule has 6 nitrogen and oxygen atoms in total. The standard InChI is InChI=1S/C13H16N4O2/c1-3-7-19-11-6-4-5-10(8-11)12(18)9-13-14-16-17(2)15-13/h4-6,8H,3,7,9H2,1-2H3. The number of aromatic nitrogens is 4. The first-order valence-electron chi connectivity index (χ1n) is 6.18. The number of aryl methyl sites for hydroxylation is 1. The van der Waals surface area contributed by atoms with Gasteiger partial charge in [-0.05, 0) is 23.8 Å². The third-order valence-electron chi connectivity index (χ3n) is 2.50. The lowest BCUT2D eigenvalue weighted by Crippen LogP contribution is -2.06. The average Bonchev–Trinajstić information content (AvgIpc) is 2.82. The summed E-state index contributed by atoms with van der Waals surface area (Å²) in [5.74, 6) is 1.09. The number of nitrogens with zero attached hydrogens (tertiary/aromatic N) is 4. The van der Waals surface area contributed by atoms with Crippen LogP contribution in [-0.2, 0) is 13.5 Å². The number of hydrogen-bond donors (Lipinski definition) is 0. The predicted octanol–water partition coefficient (Wildman–Crippen LogP) is 1.42. The summed E-state index contributed by atoms with van der Waals surface area (Å²) < 4.78 is 5.50. The molecule has 0 N–H and O–H groups in total. The third-order valence-corrected chi connectivity index (χ3v) is 2.50. The van der Waals surface area contributed by atoms with Crippen molar-refractivity contribution in [3.63, 3.8) is 0 Å². The lowest BCUT2D eigenvalue weighted by Gasteiger charge is -2.05. The molecule has 0 aliphatic carbocycles. The van der Waals surface area contributed by atoms with E-state index < -0.39 is 0 Å². The van der Waals surface area contributed by atoms with Gasteiger partial charge in [0.2, 0.25) is 0 Å². The van der Waals surface area contributed by atoms with E-state index in [1.807, 2.05) is 19.1 Å². The highest BCUT2D eigenvalue weighted by molar-refractivity contribution is 5.97. The second kappa shape index (κ2) is 6.08. The van der Waals surface area contributed by atoms with E-state index in [9.17, 15) is 4.79 Å². The topological polar surface area (TPSA) is 69.9 Å². The van der Waals surface area contributed by atoms with Crippen molar-refractivity contribution >= 4 is 5.78 Å². The molecule has 0 aliphatic rings. The minimum atomic E-state index is -0.0463. The molecule has 1 heterocycles. The van der Waals surface area contributed by atoms with Crippen LogP contribution in [0.15, 0.2) is 24.3 Å². The number of hydrogen-bond acceptors (Lipinski definition) is 5. The van der Waals surface area contributed by atoms with E-state index in [4.69, 9.17) is 4.74 Å². The molecule has 0 bridgehead atoms. The van der Waals surface area contributed by atoms with E-state index in [1.54, 1.807) is 19.2 Å². The number of rotatable bonds is 6. The summed E-state index contributed by atoms with van der Waals surface area (Å²) in [5.41, 5.74) is 0.598. The van der Waals surface area contributed by atoms with E-state index in [0.717, 1.165) is 6.42 Å². The van der Waals surface area contributed by atoms with Gasteiger partial charge in [0.1, 0.15) is 5.75 Å². The maximum atomic E-state index is 12.1. The zero-order chi connectivity index (χ0) is 13.7. The largest absolute Gasteiger partial charge is 0.494 e. The van der Waals surface area contributed by atoms with Gasteiger partial charge in [0.05, 0.1) is 20.1 Å². The van der Waals surface area contributed by atoms with Gasteiger partial charge in [0.15, 0.2) is 11.6 Å². The lowest BCUT2D eigenvalue weighted by atomic mass is 10.1. The molecule has 0 saturated carbocycles. The van der Waals surface area contributed by atoms with Gasteiger partial charge in [-0.2, -0.15) is 4.80 Å². The van der Waals surface area contributed by atoms with Crippen molar-refractivity contribution in [3.05, 3.63) is 35.7 Å². The second-order valence-electron chi connectivity index (χ2n) is 4.17. The Labute approximate surface area is 111 Å². The van der Waals surface area contributed by atoms with E-state index in [-0.39, 0.29) is 12.2 Å². The van der Waals surface area contributed by atoms with Gasteiger partial charge < -0.3 is 4.74 Å². The highest BCUT2D eigenvalue weighted by Gasteiger charge is 2.11. The Bertz CT molecular complexity index is 565. The molecule has 0 unspecified atom stereocenters. The molecule has 6 heteroatoms. The van der Waals surface area contributed by atoms with Crippen LogP contribution < -0.4 is 4.74 Å². The van der Waals surface area contributed by atoms with Crippen LogP contribution in [-0.4, -0.2) is 32.6 Å². The fourth-order valence-electron chi connectivity index (χ4n) is 1.62. The average molecular weight is 260 g/mol. The predicted molar refractivity (Wildman–Crippen MR) is 69.1 cm³/mol. The van der Waals surface area contributed by atoms with Crippen LogP contribution in [0.5, 0.6) is 5.75 Å². The number of benzene rings is 1. The molecule has 100 valence electrons. The van der Waals surface area contributed by atoms with Crippen LogP contribution in [0.2, 0.25) is 0 Å². The van der Waals surface area contributed by atoms with Crippen LogP contribution in [0.25, 0.3) is 0 Å². The quantitative estimate of drug-likeness (QED) is 0.735. The third kappa shape index (κ3) is 3.61. The zero-order valence-corrected chi connectivity index (χ0v) is 11.0. The first kappa shape index (κ1) is 13.2. The molecule has 0 radical (unpaired) electrons. The summed E-state index contributed by atoms with van der Waals surface area (Å²) in [7, 11) is 1.67. The highest BCUT2D eigenvalue weighted by atomic mass is 16.5. The van der Waals surface area contributed by atoms with Gasteiger partial charge >= 0.3 is 0 Å². The van der Waals surface area contributed by atoms with E-state index >= 15 is 0 Å². The summed E-state index contributed by atoms with van der Waals surface area (Å²) in [6, 6.07) is 7.15. The van der Waals surface area contributed by atoms with Crippen molar-refractivity contribution in [3.8, 4) is 5.75 Å². The number of tetrazole rings is 1. The van der Waals surface area contributed by atoms with Crippen molar-refractivity contribution in [1.82, 2.24) is 20.2 Å². The summed E-state index contributed by atoms with van der Waals surface area (Å²) in [5, 5.41) is 11.5. The number of ether oxygens (including phenoxy) is 1. The Morgan fingerprint density at radius 2 is 2.26 bits per heavy atom. The lowest BCUT2D eigenvalue weighted by molar-refractivity contribution is 0.0990. The van der Waals surface area contributed by atoms with Crippen molar-refractivity contribution in [1.29, 1.82) is 0 Å². The maximum absolute atomic E-state index is 12.1. The minimum absolute atomic E-state index is 0.0463. The van der Waals surface area contributed by atoms with Crippen LogP contribution >= 0.6 is 0 Å². The molecule has 0 fully saturated rings. The second-order valence-corrected chi connectivity index (χ2v) is 4.17. The molecule has 2 rings (SSSR count). The summed E-state index contributed by atoms with van der Waals surface area (Å²) in [4.78, 5) is 13.4. The maximum Gasteiger partial charge on any atom is 0.182 e. The molecule has 1 aromatic heterocycles.